The number of nitrogens with one attached hydrogen (secondary N) is 1. The Hall–Kier alpha value is -2.35. The van der Waals surface area contributed by atoms with Gasteiger partial charge in [-0.2, -0.15) is 5.26 Å². The van der Waals surface area contributed by atoms with Crippen LogP contribution in [0.25, 0.3) is 0 Å². The van der Waals surface area contributed by atoms with Gasteiger partial charge in [0.2, 0.25) is 0 Å². The Morgan fingerprint density at radius 1 is 1.27 bits per heavy atom. The van der Waals surface area contributed by atoms with Crippen molar-refractivity contribution < 1.29 is 9.59 Å². The van der Waals surface area contributed by atoms with Crippen molar-refractivity contribution in [2.45, 2.75) is 0 Å². The number of hydrogen-bond donors (Lipinski definition) is 1. The van der Waals surface area contributed by atoms with Crippen molar-refractivity contribution in [3.05, 3.63) is 29.3 Å². The third kappa shape index (κ3) is 1.23. The average molecular weight is 201 g/mol. The lowest BCUT2D eigenvalue weighted by molar-refractivity contribution is 0.0693. The smallest absolute Gasteiger partial charge is 0.261 e. The van der Waals surface area contributed by atoms with Gasteiger partial charge in [0.15, 0.2) is 6.19 Å². The largest absolute Gasteiger partial charge is 0.293 e. The zero-order chi connectivity index (χ0) is 11.0. The van der Waals surface area contributed by atoms with Crippen LogP contribution in [0.2, 0.25) is 0 Å². The van der Waals surface area contributed by atoms with Gasteiger partial charge in [-0.3, -0.25) is 19.8 Å². The SMILES string of the molecule is CN1C(=O)c2ccc(NC#N)cc2C1=O. The summed E-state index contributed by atoms with van der Waals surface area (Å²) in [6.45, 7) is 0. The van der Waals surface area contributed by atoms with Crippen molar-refractivity contribution in [2.75, 3.05) is 12.4 Å². The van der Waals surface area contributed by atoms with Crippen LogP contribution in [0.4, 0.5) is 5.69 Å². The molecule has 1 aromatic carbocycles. The van der Waals surface area contributed by atoms with E-state index in [0.717, 1.165) is 4.90 Å². The average Bonchev–Trinajstić information content (AvgIpc) is 2.45. The van der Waals surface area contributed by atoms with Crippen molar-refractivity contribution in [1.29, 1.82) is 5.26 Å². The van der Waals surface area contributed by atoms with Gasteiger partial charge in [-0.15, -0.1) is 0 Å². The second kappa shape index (κ2) is 3.10. The molecule has 2 rings (SSSR count). The summed E-state index contributed by atoms with van der Waals surface area (Å²) in [5, 5.41) is 10.8. The Balaban J connectivity index is 2.53. The van der Waals surface area contributed by atoms with Gasteiger partial charge in [0.1, 0.15) is 0 Å². The minimum Gasteiger partial charge on any atom is -0.293 e. The predicted molar refractivity (Wildman–Crippen MR) is 52.1 cm³/mol. The zero-order valence-corrected chi connectivity index (χ0v) is 7.94. The van der Waals surface area contributed by atoms with Gasteiger partial charge in [0, 0.05) is 12.7 Å². The molecule has 1 heterocycles. The molecule has 5 nitrogen and oxygen atoms in total. The molecule has 1 aliphatic heterocycles. The molecule has 0 aliphatic carbocycles. The highest BCUT2D eigenvalue weighted by Gasteiger charge is 2.32. The number of fused-ring (bicyclic) bond motifs is 1. The molecule has 0 saturated carbocycles. The summed E-state index contributed by atoms with van der Waals surface area (Å²) in [6.07, 6.45) is 1.75. The first-order valence-electron chi connectivity index (χ1n) is 4.26. The van der Waals surface area contributed by atoms with Gasteiger partial charge < -0.3 is 0 Å². The lowest BCUT2D eigenvalue weighted by atomic mass is 10.1. The van der Waals surface area contributed by atoms with Gasteiger partial charge >= 0.3 is 0 Å². The van der Waals surface area contributed by atoms with Crippen LogP contribution in [-0.4, -0.2) is 23.8 Å². The molecule has 0 fully saturated rings. The second-order valence-electron chi connectivity index (χ2n) is 3.17. The molecule has 0 atom stereocenters. The minimum absolute atomic E-state index is 0.307. The molecule has 0 radical (unpaired) electrons. The maximum Gasteiger partial charge on any atom is 0.261 e. The topological polar surface area (TPSA) is 73.2 Å². The lowest BCUT2D eigenvalue weighted by Gasteiger charge is -2.02. The summed E-state index contributed by atoms with van der Waals surface area (Å²) in [5.41, 5.74) is 1.22. The number of rotatable bonds is 1. The number of benzene rings is 1. The fourth-order valence-electron chi connectivity index (χ4n) is 1.50. The zero-order valence-electron chi connectivity index (χ0n) is 7.94. The van der Waals surface area contributed by atoms with Crippen LogP contribution in [0, 0.1) is 11.5 Å². The van der Waals surface area contributed by atoms with Gasteiger partial charge in [-0.1, -0.05) is 0 Å². The van der Waals surface area contributed by atoms with Gasteiger partial charge in [0.05, 0.1) is 11.1 Å². The molecular formula is C10H7N3O2. The Kier molecular flexibility index (Phi) is 1.90. The van der Waals surface area contributed by atoms with Crippen LogP contribution in [0.15, 0.2) is 18.2 Å². The van der Waals surface area contributed by atoms with Crippen LogP contribution < -0.4 is 5.32 Å². The van der Waals surface area contributed by atoms with E-state index in [1.165, 1.54) is 13.1 Å². The Morgan fingerprint density at radius 3 is 2.60 bits per heavy atom. The summed E-state index contributed by atoms with van der Waals surface area (Å²) < 4.78 is 0. The first-order valence-corrected chi connectivity index (χ1v) is 4.26. The number of amides is 2. The number of imide groups is 1. The Morgan fingerprint density at radius 2 is 1.93 bits per heavy atom. The predicted octanol–water partition coefficient (Wildman–Crippen LogP) is 0.805. The summed E-state index contributed by atoms with van der Waals surface area (Å²) in [6, 6.07) is 4.63. The van der Waals surface area contributed by atoms with E-state index in [1.54, 1.807) is 18.3 Å². The number of nitriles is 1. The first-order chi connectivity index (χ1) is 7.15. The Bertz CT molecular complexity index is 502. The van der Waals surface area contributed by atoms with Gasteiger partial charge in [-0.05, 0) is 18.2 Å². The third-order valence-electron chi connectivity index (χ3n) is 2.29. The summed E-state index contributed by atoms with van der Waals surface area (Å²) >= 11 is 0. The number of hydrogen-bond acceptors (Lipinski definition) is 4. The molecule has 0 aromatic heterocycles. The molecule has 0 unspecified atom stereocenters. The normalized spacial score (nSPS) is 13.7. The van der Waals surface area contributed by atoms with Crippen LogP contribution in [0.5, 0.6) is 0 Å². The number of nitrogens with zero attached hydrogens (tertiary/aromatic N) is 2. The number of anilines is 1. The van der Waals surface area contributed by atoms with E-state index in [1.807, 2.05) is 0 Å². The monoisotopic (exact) mass is 201 g/mol. The van der Waals surface area contributed by atoms with Crippen LogP contribution in [0.1, 0.15) is 20.7 Å². The van der Waals surface area contributed by atoms with Crippen LogP contribution >= 0.6 is 0 Å². The summed E-state index contributed by atoms with van der Waals surface area (Å²) in [7, 11) is 1.43. The van der Waals surface area contributed by atoms with Gasteiger partial charge in [-0.25, -0.2) is 0 Å². The molecule has 0 spiro atoms. The van der Waals surface area contributed by atoms with Crippen molar-refractivity contribution in [3.8, 4) is 6.19 Å². The van der Waals surface area contributed by atoms with E-state index in [4.69, 9.17) is 5.26 Å². The Labute approximate surface area is 85.9 Å². The van der Waals surface area contributed by atoms with E-state index in [9.17, 15) is 9.59 Å². The second-order valence-corrected chi connectivity index (χ2v) is 3.17. The summed E-state index contributed by atoms with van der Waals surface area (Å²) in [5.74, 6) is -0.643. The molecular weight excluding hydrogens is 194 g/mol. The fourth-order valence-corrected chi connectivity index (χ4v) is 1.50. The van der Waals surface area contributed by atoms with Crippen LogP contribution in [-0.2, 0) is 0 Å². The number of carbonyl (C=O) groups is 2. The molecule has 1 N–H and O–H groups in total. The fraction of sp³-hybridized carbons (Fsp3) is 0.100. The number of carbonyl (C=O) groups excluding carboxylic acids is 2. The molecule has 1 aliphatic rings. The van der Waals surface area contributed by atoms with E-state index >= 15 is 0 Å². The standard InChI is InChI=1S/C10H7N3O2/c1-13-9(14)7-3-2-6(12-5-11)4-8(7)10(13)15/h2-4,12H,1H3. The van der Waals surface area contributed by atoms with E-state index in [-0.39, 0.29) is 11.8 Å². The molecule has 0 saturated heterocycles. The van der Waals surface area contributed by atoms with E-state index in [0.29, 0.717) is 16.8 Å². The molecule has 0 bridgehead atoms. The quantitative estimate of drug-likeness (QED) is 0.414. The lowest BCUT2D eigenvalue weighted by Crippen LogP contribution is -2.24. The van der Waals surface area contributed by atoms with Crippen molar-refractivity contribution >= 4 is 17.5 Å². The van der Waals surface area contributed by atoms with Gasteiger partial charge in [0.25, 0.3) is 11.8 Å². The highest BCUT2D eigenvalue weighted by atomic mass is 16.2. The van der Waals surface area contributed by atoms with E-state index < -0.39 is 0 Å². The van der Waals surface area contributed by atoms with Crippen molar-refractivity contribution in [3.63, 3.8) is 0 Å². The highest BCUT2D eigenvalue weighted by Crippen LogP contribution is 2.24. The summed E-state index contributed by atoms with van der Waals surface area (Å²) in [4.78, 5) is 24.1. The van der Waals surface area contributed by atoms with Crippen molar-refractivity contribution in [1.82, 2.24) is 4.90 Å². The maximum absolute atomic E-state index is 11.6. The molecule has 5 heteroatoms. The minimum atomic E-state index is -0.336. The molecule has 2 amide bonds. The molecule has 74 valence electrons. The highest BCUT2D eigenvalue weighted by molar-refractivity contribution is 6.21. The van der Waals surface area contributed by atoms with Crippen molar-refractivity contribution in [2.24, 2.45) is 0 Å². The first kappa shape index (κ1) is 9.21. The van der Waals surface area contributed by atoms with E-state index in [2.05, 4.69) is 5.32 Å². The van der Waals surface area contributed by atoms with Crippen LogP contribution in [0.3, 0.4) is 0 Å². The molecule has 15 heavy (non-hydrogen) atoms. The maximum atomic E-state index is 11.6. The third-order valence-corrected chi connectivity index (χ3v) is 2.29. The molecule has 1 aromatic rings.